The van der Waals surface area contributed by atoms with Crippen LogP contribution in [0.4, 0.5) is 5.69 Å². The van der Waals surface area contributed by atoms with E-state index >= 15 is 0 Å². The highest BCUT2D eigenvalue weighted by atomic mass is 32.1. The monoisotopic (exact) mass is 254 g/mol. The van der Waals surface area contributed by atoms with Gasteiger partial charge in [0.25, 0.3) is 0 Å². The molecule has 0 atom stereocenters. The molecule has 2 N–H and O–H groups in total. The van der Waals surface area contributed by atoms with Gasteiger partial charge in [0.15, 0.2) is 0 Å². The molecular weight excluding hydrogens is 240 g/mol. The van der Waals surface area contributed by atoms with Gasteiger partial charge in [0.2, 0.25) is 0 Å². The molecule has 2 nitrogen and oxygen atoms in total. The zero-order valence-corrected chi connectivity index (χ0v) is 11.0. The van der Waals surface area contributed by atoms with Gasteiger partial charge in [0, 0.05) is 12.1 Å². The first-order valence-electron chi connectivity index (χ1n) is 5.92. The summed E-state index contributed by atoms with van der Waals surface area (Å²) in [6, 6.07) is 14.3. The average molecular weight is 254 g/mol. The molecule has 18 heavy (non-hydrogen) atoms. The minimum Gasteiger partial charge on any atom is -0.399 e. The molecule has 0 fully saturated rings. The van der Waals surface area contributed by atoms with Gasteiger partial charge in [-0.25, -0.2) is 4.98 Å². The van der Waals surface area contributed by atoms with Crippen molar-refractivity contribution in [2.45, 2.75) is 13.3 Å². The number of nitrogens with zero attached hydrogens (tertiary/aromatic N) is 1. The van der Waals surface area contributed by atoms with Crippen LogP contribution in [0.25, 0.3) is 10.2 Å². The van der Waals surface area contributed by atoms with E-state index in [1.54, 1.807) is 11.3 Å². The third kappa shape index (κ3) is 2.09. The number of rotatable bonds is 2. The smallest absolute Gasteiger partial charge is 0.0982 e. The molecule has 1 heterocycles. The molecule has 0 saturated carbocycles. The number of fused-ring (bicyclic) bond motifs is 1. The number of benzene rings is 2. The van der Waals surface area contributed by atoms with Gasteiger partial charge >= 0.3 is 0 Å². The van der Waals surface area contributed by atoms with Crippen molar-refractivity contribution in [3.63, 3.8) is 0 Å². The lowest BCUT2D eigenvalue weighted by Gasteiger charge is -2.01. The fourth-order valence-electron chi connectivity index (χ4n) is 2.04. The summed E-state index contributed by atoms with van der Waals surface area (Å²) in [4.78, 5) is 4.65. The summed E-state index contributed by atoms with van der Waals surface area (Å²) in [5.41, 5.74) is 10.3. The molecule has 0 bridgehead atoms. The molecule has 0 aliphatic heterocycles. The van der Waals surface area contributed by atoms with Crippen molar-refractivity contribution >= 4 is 27.2 Å². The van der Waals surface area contributed by atoms with E-state index in [0.717, 1.165) is 22.6 Å². The molecule has 0 amide bonds. The van der Waals surface area contributed by atoms with E-state index in [1.165, 1.54) is 15.8 Å². The van der Waals surface area contributed by atoms with Crippen LogP contribution in [0.5, 0.6) is 0 Å². The SMILES string of the molecule is Cc1ccccc1Cc1nc2ccc(N)cc2s1. The van der Waals surface area contributed by atoms with Gasteiger partial charge in [-0.15, -0.1) is 11.3 Å². The van der Waals surface area contributed by atoms with Crippen molar-refractivity contribution in [2.75, 3.05) is 5.73 Å². The molecule has 0 unspecified atom stereocenters. The summed E-state index contributed by atoms with van der Waals surface area (Å²) in [5.74, 6) is 0. The largest absolute Gasteiger partial charge is 0.399 e. The van der Waals surface area contributed by atoms with Crippen LogP contribution in [0.1, 0.15) is 16.1 Å². The zero-order chi connectivity index (χ0) is 12.5. The first-order valence-corrected chi connectivity index (χ1v) is 6.73. The van der Waals surface area contributed by atoms with E-state index in [-0.39, 0.29) is 0 Å². The summed E-state index contributed by atoms with van der Waals surface area (Å²) < 4.78 is 1.17. The number of aromatic nitrogens is 1. The van der Waals surface area contributed by atoms with Crippen LogP contribution in [0.15, 0.2) is 42.5 Å². The number of anilines is 1. The Morgan fingerprint density at radius 1 is 1.17 bits per heavy atom. The lowest BCUT2D eigenvalue weighted by Crippen LogP contribution is -1.90. The van der Waals surface area contributed by atoms with E-state index in [9.17, 15) is 0 Å². The summed E-state index contributed by atoms with van der Waals surface area (Å²) >= 11 is 1.72. The van der Waals surface area contributed by atoms with E-state index in [0.29, 0.717) is 0 Å². The lowest BCUT2D eigenvalue weighted by atomic mass is 10.1. The minimum absolute atomic E-state index is 0.800. The van der Waals surface area contributed by atoms with Crippen LogP contribution in [0, 0.1) is 6.92 Å². The molecule has 3 heteroatoms. The Kier molecular flexibility index (Phi) is 2.76. The third-order valence-electron chi connectivity index (χ3n) is 3.06. The predicted octanol–water partition coefficient (Wildman–Crippen LogP) is 3.78. The average Bonchev–Trinajstić information content (AvgIpc) is 2.73. The van der Waals surface area contributed by atoms with E-state index in [2.05, 4.69) is 36.2 Å². The van der Waals surface area contributed by atoms with Crippen LogP contribution >= 0.6 is 11.3 Å². The van der Waals surface area contributed by atoms with Gasteiger partial charge in [0.1, 0.15) is 0 Å². The van der Waals surface area contributed by atoms with Crippen LogP contribution in [-0.2, 0) is 6.42 Å². The lowest BCUT2D eigenvalue weighted by molar-refractivity contribution is 1.13. The summed E-state index contributed by atoms with van der Waals surface area (Å²) in [5, 5.41) is 1.14. The molecule has 3 aromatic rings. The van der Waals surface area contributed by atoms with Crippen molar-refractivity contribution in [1.29, 1.82) is 0 Å². The van der Waals surface area contributed by atoms with Gasteiger partial charge < -0.3 is 5.73 Å². The van der Waals surface area contributed by atoms with Crippen LogP contribution in [0.2, 0.25) is 0 Å². The number of hydrogen-bond acceptors (Lipinski definition) is 3. The fourth-order valence-corrected chi connectivity index (χ4v) is 3.07. The molecule has 90 valence electrons. The normalized spacial score (nSPS) is 10.9. The Hall–Kier alpha value is -1.87. The second-order valence-corrected chi connectivity index (χ2v) is 5.55. The van der Waals surface area contributed by atoms with Gasteiger partial charge in [-0.05, 0) is 36.2 Å². The van der Waals surface area contributed by atoms with E-state index in [4.69, 9.17) is 5.73 Å². The molecule has 3 rings (SSSR count). The van der Waals surface area contributed by atoms with Crippen LogP contribution < -0.4 is 5.73 Å². The Balaban J connectivity index is 1.98. The topological polar surface area (TPSA) is 38.9 Å². The molecule has 0 aliphatic rings. The summed E-state index contributed by atoms with van der Waals surface area (Å²) in [6.07, 6.45) is 0.895. The molecule has 2 aromatic carbocycles. The van der Waals surface area contributed by atoms with Crippen molar-refractivity contribution in [3.8, 4) is 0 Å². The fraction of sp³-hybridized carbons (Fsp3) is 0.133. The van der Waals surface area contributed by atoms with Crippen molar-refractivity contribution in [3.05, 3.63) is 58.6 Å². The number of hydrogen-bond donors (Lipinski definition) is 1. The third-order valence-corrected chi connectivity index (χ3v) is 4.08. The van der Waals surface area contributed by atoms with Crippen molar-refractivity contribution in [1.82, 2.24) is 4.98 Å². The van der Waals surface area contributed by atoms with Crippen LogP contribution in [-0.4, -0.2) is 4.98 Å². The number of nitrogen functional groups attached to an aromatic ring is 1. The zero-order valence-electron chi connectivity index (χ0n) is 10.2. The number of aryl methyl sites for hydroxylation is 1. The highest BCUT2D eigenvalue weighted by molar-refractivity contribution is 7.18. The van der Waals surface area contributed by atoms with E-state index < -0.39 is 0 Å². The molecule has 0 aliphatic carbocycles. The second kappa shape index (κ2) is 4.42. The molecule has 0 radical (unpaired) electrons. The first-order chi connectivity index (χ1) is 8.72. The second-order valence-electron chi connectivity index (χ2n) is 4.44. The number of nitrogens with two attached hydrogens (primary N) is 1. The van der Waals surface area contributed by atoms with Crippen molar-refractivity contribution < 1.29 is 0 Å². The molecule has 1 aromatic heterocycles. The van der Waals surface area contributed by atoms with Crippen LogP contribution in [0.3, 0.4) is 0 Å². The number of thiazole rings is 1. The Bertz CT molecular complexity index is 701. The van der Waals surface area contributed by atoms with Gasteiger partial charge in [0.05, 0.1) is 15.2 Å². The molecular formula is C15H14N2S. The Morgan fingerprint density at radius 2 is 2.00 bits per heavy atom. The van der Waals surface area contributed by atoms with Gasteiger partial charge in [-0.2, -0.15) is 0 Å². The first kappa shape index (κ1) is 11.2. The summed E-state index contributed by atoms with van der Waals surface area (Å²) in [6.45, 7) is 2.14. The highest BCUT2D eigenvalue weighted by Crippen LogP contribution is 2.26. The summed E-state index contributed by atoms with van der Waals surface area (Å²) in [7, 11) is 0. The predicted molar refractivity (Wildman–Crippen MR) is 78.0 cm³/mol. The van der Waals surface area contributed by atoms with E-state index in [1.807, 2.05) is 18.2 Å². The van der Waals surface area contributed by atoms with Crippen molar-refractivity contribution in [2.24, 2.45) is 0 Å². The van der Waals surface area contributed by atoms with Gasteiger partial charge in [-0.3, -0.25) is 0 Å². The maximum atomic E-state index is 5.79. The quantitative estimate of drug-likeness (QED) is 0.707. The Morgan fingerprint density at radius 3 is 2.83 bits per heavy atom. The maximum absolute atomic E-state index is 5.79. The highest BCUT2D eigenvalue weighted by Gasteiger charge is 2.06. The Labute approximate surface area is 110 Å². The maximum Gasteiger partial charge on any atom is 0.0982 e. The molecule has 0 spiro atoms. The van der Waals surface area contributed by atoms with Gasteiger partial charge in [-0.1, -0.05) is 24.3 Å². The molecule has 0 saturated heterocycles. The minimum atomic E-state index is 0.800. The standard InChI is InChI=1S/C15H14N2S/c1-10-4-2-3-5-11(10)8-15-17-13-7-6-12(16)9-14(13)18-15/h2-7,9H,8,16H2,1H3.